The van der Waals surface area contributed by atoms with Crippen LogP contribution in [-0.2, 0) is 16.1 Å². The van der Waals surface area contributed by atoms with Gasteiger partial charge in [-0.3, -0.25) is 19.3 Å². The highest BCUT2D eigenvalue weighted by molar-refractivity contribution is 7.71. The summed E-state index contributed by atoms with van der Waals surface area (Å²) in [4.78, 5) is 25.4. The summed E-state index contributed by atoms with van der Waals surface area (Å²) in [7, 11) is 0. The molecule has 0 aliphatic carbocycles. The second kappa shape index (κ2) is 9.15. The molecule has 0 spiro atoms. The lowest BCUT2D eigenvalue weighted by atomic mass is 10.1. The Hall–Kier alpha value is -2.78. The molecule has 1 unspecified atom stereocenters. The number of nitrogens with zero attached hydrogens (tertiary/aromatic N) is 2. The van der Waals surface area contributed by atoms with Crippen molar-refractivity contribution in [1.29, 1.82) is 0 Å². The largest absolute Gasteiger partial charge is 0.350 e. The summed E-state index contributed by atoms with van der Waals surface area (Å²) in [5, 5.41) is 14.8. The van der Waals surface area contributed by atoms with E-state index in [1.807, 2.05) is 55.6 Å². The normalized spacial score (nSPS) is 12.0. The van der Waals surface area contributed by atoms with E-state index in [0.29, 0.717) is 17.1 Å². The van der Waals surface area contributed by atoms with Gasteiger partial charge in [-0.15, -0.1) is 11.3 Å². The molecular weight excluding hydrogens is 406 g/mol. The van der Waals surface area contributed by atoms with Crippen LogP contribution in [0.5, 0.6) is 0 Å². The van der Waals surface area contributed by atoms with Crippen molar-refractivity contribution in [2.75, 3.05) is 5.32 Å². The Bertz CT molecular complexity index is 1040. The topological polar surface area (TPSA) is 91.8 Å². The van der Waals surface area contributed by atoms with E-state index in [9.17, 15) is 9.59 Å². The first-order chi connectivity index (χ1) is 13.9. The molecule has 7 nitrogen and oxygen atoms in total. The molecule has 2 heterocycles. The molecule has 2 aromatic heterocycles. The van der Waals surface area contributed by atoms with E-state index < -0.39 is 6.04 Å². The Balaban J connectivity index is 1.64. The minimum atomic E-state index is -0.511. The number of thiophene rings is 1. The van der Waals surface area contributed by atoms with Crippen LogP contribution in [0.2, 0.25) is 0 Å². The fraction of sp³-hybridized carbons (Fsp3) is 0.300. The number of H-pyrrole nitrogens is 1. The molecule has 3 rings (SSSR count). The molecule has 152 valence electrons. The lowest BCUT2D eigenvalue weighted by Gasteiger charge is -2.15. The molecule has 0 bridgehead atoms. The Kier molecular flexibility index (Phi) is 6.60. The van der Waals surface area contributed by atoms with Crippen LogP contribution < -0.4 is 10.6 Å². The van der Waals surface area contributed by atoms with Crippen LogP contribution in [0, 0.1) is 10.7 Å². The van der Waals surface area contributed by atoms with Gasteiger partial charge in [0.15, 0.2) is 10.6 Å². The molecule has 3 N–H and O–H groups in total. The number of hydrogen-bond donors (Lipinski definition) is 3. The SMILES string of the molecule is CC(C)C(=O)Nc1ccc(CNC(=O)C(C)n2c(-c3cccs3)n[nH]c2=S)cc1. The number of amides is 2. The quantitative estimate of drug-likeness (QED) is 0.492. The number of carbonyl (C=O) groups is 2. The van der Waals surface area contributed by atoms with Gasteiger partial charge in [-0.05, 0) is 48.3 Å². The van der Waals surface area contributed by atoms with Crippen LogP contribution >= 0.6 is 23.6 Å². The van der Waals surface area contributed by atoms with Crippen molar-refractivity contribution in [1.82, 2.24) is 20.1 Å². The molecule has 1 atom stereocenters. The number of anilines is 1. The summed E-state index contributed by atoms with van der Waals surface area (Å²) in [6.45, 7) is 5.86. The number of benzene rings is 1. The van der Waals surface area contributed by atoms with Crippen molar-refractivity contribution in [3.63, 3.8) is 0 Å². The molecular formula is C20H23N5O2S2. The maximum atomic E-state index is 12.7. The average Bonchev–Trinajstić information content (AvgIpc) is 3.36. The Morgan fingerprint density at radius 1 is 1.17 bits per heavy atom. The Morgan fingerprint density at radius 3 is 2.52 bits per heavy atom. The molecule has 29 heavy (non-hydrogen) atoms. The highest BCUT2D eigenvalue weighted by atomic mass is 32.1. The maximum Gasteiger partial charge on any atom is 0.243 e. The standard InChI is InChI=1S/C20H23N5O2S2/c1-12(2)18(26)22-15-8-6-14(7-9-15)11-21-19(27)13(3)25-17(23-24-20(25)28)16-5-4-10-29-16/h4-10,12-13H,11H2,1-3H3,(H,21,27)(H,22,26)(H,24,28). The zero-order chi connectivity index (χ0) is 21.0. The third kappa shape index (κ3) is 4.99. The summed E-state index contributed by atoms with van der Waals surface area (Å²) < 4.78 is 2.13. The van der Waals surface area contributed by atoms with Crippen LogP contribution in [-0.4, -0.2) is 26.6 Å². The lowest BCUT2D eigenvalue weighted by Crippen LogP contribution is -2.31. The monoisotopic (exact) mass is 429 g/mol. The summed E-state index contributed by atoms with van der Waals surface area (Å²) in [5.41, 5.74) is 1.67. The van der Waals surface area contributed by atoms with Crippen molar-refractivity contribution >= 4 is 41.1 Å². The van der Waals surface area contributed by atoms with Gasteiger partial charge in [0.05, 0.1) is 4.88 Å². The minimum Gasteiger partial charge on any atom is -0.350 e. The summed E-state index contributed by atoms with van der Waals surface area (Å²) in [6, 6.07) is 10.8. The molecule has 0 saturated carbocycles. The molecule has 9 heteroatoms. The molecule has 0 fully saturated rings. The maximum absolute atomic E-state index is 12.7. The number of hydrogen-bond acceptors (Lipinski definition) is 5. The number of aromatic nitrogens is 3. The van der Waals surface area contributed by atoms with E-state index >= 15 is 0 Å². The summed E-state index contributed by atoms with van der Waals surface area (Å²) >= 11 is 6.86. The van der Waals surface area contributed by atoms with Crippen LogP contribution in [0.15, 0.2) is 41.8 Å². The zero-order valence-electron chi connectivity index (χ0n) is 16.4. The van der Waals surface area contributed by atoms with Crippen LogP contribution in [0.4, 0.5) is 5.69 Å². The van der Waals surface area contributed by atoms with Gasteiger partial charge in [-0.1, -0.05) is 32.0 Å². The van der Waals surface area contributed by atoms with Crippen molar-refractivity contribution in [2.45, 2.75) is 33.4 Å². The smallest absolute Gasteiger partial charge is 0.243 e. The van der Waals surface area contributed by atoms with Gasteiger partial charge < -0.3 is 10.6 Å². The fourth-order valence-corrected chi connectivity index (χ4v) is 3.69. The number of carbonyl (C=O) groups excluding carboxylic acids is 2. The first-order valence-electron chi connectivity index (χ1n) is 9.25. The molecule has 0 saturated heterocycles. The molecule has 0 aliphatic rings. The van der Waals surface area contributed by atoms with Crippen LogP contribution in [0.1, 0.15) is 32.4 Å². The van der Waals surface area contributed by atoms with Crippen molar-refractivity contribution in [3.8, 4) is 10.7 Å². The Labute approximate surface area is 178 Å². The van der Waals surface area contributed by atoms with Gasteiger partial charge in [0.2, 0.25) is 11.8 Å². The van der Waals surface area contributed by atoms with Crippen molar-refractivity contribution in [3.05, 3.63) is 52.1 Å². The summed E-state index contributed by atoms with van der Waals surface area (Å²) in [5.74, 6) is 0.387. The number of aromatic amines is 1. The molecule has 2 amide bonds. The second-order valence-electron chi connectivity index (χ2n) is 6.93. The van der Waals surface area contributed by atoms with E-state index in [2.05, 4.69) is 20.8 Å². The first-order valence-corrected chi connectivity index (χ1v) is 10.5. The van der Waals surface area contributed by atoms with E-state index in [-0.39, 0.29) is 17.7 Å². The zero-order valence-corrected chi connectivity index (χ0v) is 18.1. The predicted molar refractivity (Wildman–Crippen MR) is 117 cm³/mol. The minimum absolute atomic E-state index is 0.0294. The van der Waals surface area contributed by atoms with Crippen molar-refractivity contribution < 1.29 is 9.59 Å². The molecule has 0 radical (unpaired) electrons. The second-order valence-corrected chi connectivity index (χ2v) is 8.27. The van der Waals surface area contributed by atoms with Gasteiger partial charge in [0.25, 0.3) is 0 Å². The molecule has 3 aromatic rings. The number of nitrogens with one attached hydrogen (secondary N) is 3. The first kappa shape index (κ1) is 20.9. The lowest BCUT2D eigenvalue weighted by molar-refractivity contribution is -0.124. The average molecular weight is 430 g/mol. The summed E-state index contributed by atoms with van der Waals surface area (Å²) in [6.07, 6.45) is 0. The highest BCUT2D eigenvalue weighted by Gasteiger charge is 2.21. The van der Waals surface area contributed by atoms with Crippen LogP contribution in [0.25, 0.3) is 10.7 Å². The predicted octanol–water partition coefficient (Wildman–Crippen LogP) is 4.14. The molecule has 1 aromatic carbocycles. The van der Waals surface area contributed by atoms with Crippen molar-refractivity contribution in [2.24, 2.45) is 5.92 Å². The van der Waals surface area contributed by atoms with Gasteiger partial charge in [-0.25, -0.2) is 0 Å². The van der Waals surface area contributed by atoms with Gasteiger partial charge in [0, 0.05) is 18.2 Å². The highest BCUT2D eigenvalue weighted by Crippen LogP contribution is 2.25. The van der Waals surface area contributed by atoms with Gasteiger partial charge in [-0.2, -0.15) is 5.10 Å². The van der Waals surface area contributed by atoms with E-state index in [4.69, 9.17) is 12.2 Å². The van der Waals surface area contributed by atoms with E-state index in [1.165, 1.54) is 11.3 Å². The third-order valence-electron chi connectivity index (χ3n) is 4.43. The molecule has 0 aliphatic heterocycles. The Morgan fingerprint density at radius 2 is 1.90 bits per heavy atom. The number of rotatable bonds is 7. The third-order valence-corrected chi connectivity index (χ3v) is 5.58. The fourth-order valence-electron chi connectivity index (χ4n) is 2.69. The van der Waals surface area contributed by atoms with Gasteiger partial charge >= 0.3 is 0 Å². The van der Waals surface area contributed by atoms with Crippen LogP contribution in [0.3, 0.4) is 0 Å². The van der Waals surface area contributed by atoms with E-state index in [1.54, 1.807) is 11.5 Å². The van der Waals surface area contributed by atoms with Gasteiger partial charge in [0.1, 0.15) is 6.04 Å². The van der Waals surface area contributed by atoms with E-state index in [0.717, 1.165) is 16.1 Å².